The van der Waals surface area contributed by atoms with E-state index in [0.29, 0.717) is 0 Å². The summed E-state index contributed by atoms with van der Waals surface area (Å²) in [5.74, 6) is 3.64. The SMILES string of the molecule is Cc1ccc(CNCCSCC2CC2)nc1. The van der Waals surface area contributed by atoms with Crippen LogP contribution >= 0.6 is 11.8 Å². The number of rotatable bonds is 7. The summed E-state index contributed by atoms with van der Waals surface area (Å²) in [5.41, 5.74) is 2.36. The van der Waals surface area contributed by atoms with Gasteiger partial charge in [-0.1, -0.05) is 6.07 Å². The zero-order valence-corrected chi connectivity index (χ0v) is 10.7. The molecule has 1 heterocycles. The van der Waals surface area contributed by atoms with Crippen molar-refractivity contribution in [3.05, 3.63) is 29.6 Å². The number of aryl methyl sites for hydroxylation is 1. The fourth-order valence-electron chi connectivity index (χ4n) is 1.50. The van der Waals surface area contributed by atoms with Crippen molar-refractivity contribution in [3.8, 4) is 0 Å². The highest BCUT2D eigenvalue weighted by molar-refractivity contribution is 7.99. The van der Waals surface area contributed by atoms with E-state index in [0.717, 1.165) is 24.7 Å². The molecule has 1 aliphatic carbocycles. The van der Waals surface area contributed by atoms with Crippen LogP contribution in [0.5, 0.6) is 0 Å². The van der Waals surface area contributed by atoms with Gasteiger partial charge in [0.05, 0.1) is 5.69 Å². The predicted octanol–water partition coefficient (Wildman–Crippen LogP) is 2.62. The van der Waals surface area contributed by atoms with E-state index in [4.69, 9.17) is 0 Å². The summed E-state index contributed by atoms with van der Waals surface area (Å²) >= 11 is 2.08. The van der Waals surface area contributed by atoms with E-state index in [2.05, 4.69) is 41.1 Å². The van der Waals surface area contributed by atoms with Gasteiger partial charge in [-0.15, -0.1) is 0 Å². The van der Waals surface area contributed by atoms with Gasteiger partial charge in [0.2, 0.25) is 0 Å². The zero-order valence-electron chi connectivity index (χ0n) is 9.91. The van der Waals surface area contributed by atoms with Crippen LogP contribution in [0.25, 0.3) is 0 Å². The molecule has 1 fully saturated rings. The Hall–Kier alpha value is -0.540. The lowest BCUT2D eigenvalue weighted by molar-refractivity contribution is 0.714. The van der Waals surface area contributed by atoms with Crippen molar-refractivity contribution >= 4 is 11.8 Å². The van der Waals surface area contributed by atoms with Gasteiger partial charge in [0, 0.05) is 25.0 Å². The first-order chi connectivity index (χ1) is 7.84. The molecule has 1 saturated carbocycles. The summed E-state index contributed by atoms with van der Waals surface area (Å²) in [6.45, 7) is 4.05. The van der Waals surface area contributed by atoms with Gasteiger partial charge in [-0.3, -0.25) is 4.98 Å². The maximum Gasteiger partial charge on any atom is 0.0541 e. The van der Waals surface area contributed by atoms with E-state index in [1.807, 2.05) is 6.20 Å². The number of thioether (sulfide) groups is 1. The molecule has 88 valence electrons. The lowest BCUT2D eigenvalue weighted by Crippen LogP contribution is -2.17. The van der Waals surface area contributed by atoms with Gasteiger partial charge in [0.1, 0.15) is 0 Å². The van der Waals surface area contributed by atoms with Gasteiger partial charge in [0.15, 0.2) is 0 Å². The number of hydrogen-bond donors (Lipinski definition) is 1. The molecule has 1 aliphatic rings. The number of nitrogens with zero attached hydrogens (tertiary/aromatic N) is 1. The summed E-state index contributed by atoms with van der Waals surface area (Å²) < 4.78 is 0. The topological polar surface area (TPSA) is 24.9 Å². The first kappa shape index (κ1) is 11.9. The van der Waals surface area contributed by atoms with Crippen molar-refractivity contribution in [3.63, 3.8) is 0 Å². The molecule has 0 saturated heterocycles. The molecule has 0 aliphatic heterocycles. The van der Waals surface area contributed by atoms with Crippen molar-refractivity contribution in [1.29, 1.82) is 0 Å². The van der Waals surface area contributed by atoms with Gasteiger partial charge < -0.3 is 5.32 Å². The predicted molar refractivity (Wildman–Crippen MR) is 70.7 cm³/mol. The molecule has 0 atom stereocenters. The standard InChI is InChI=1S/C13H20N2S/c1-11-2-5-13(15-8-11)9-14-6-7-16-10-12-3-4-12/h2,5,8,12,14H,3-4,6-7,9-10H2,1H3. The number of nitrogens with one attached hydrogen (secondary N) is 1. The fourth-order valence-corrected chi connectivity index (χ4v) is 2.62. The average molecular weight is 236 g/mol. The van der Waals surface area contributed by atoms with Crippen LogP contribution in [0.1, 0.15) is 24.1 Å². The Morgan fingerprint density at radius 3 is 3.00 bits per heavy atom. The van der Waals surface area contributed by atoms with E-state index < -0.39 is 0 Å². The Labute approximate surface area is 102 Å². The van der Waals surface area contributed by atoms with E-state index in [-0.39, 0.29) is 0 Å². The van der Waals surface area contributed by atoms with Crippen LogP contribution in [0.2, 0.25) is 0 Å². The molecule has 1 aromatic rings. The summed E-state index contributed by atoms with van der Waals surface area (Å²) in [6.07, 6.45) is 4.86. The summed E-state index contributed by atoms with van der Waals surface area (Å²) in [6, 6.07) is 4.21. The number of pyridine rings is 1. The van der Waals surface area contributed by atoms with Crippen molar-refractivity contribution in [2.24, 2.45) is 5.92 Å². The van der Waals surface area contributed by atoms with Crippen LogP contribution in [-0.2, 0) is 6.54 Å². The molecule has 0 bridgehead atoms. The van der Waals surface area contributed by atoms with Crippen molar-refractivity contribution in [2.75, 3.05) is 18.1 Å². The first-order valence-corrected chi connectivity index (χ1v) is 7.20. The first-order valence-electron chi connectivity index (χ1n) is 6.04. The lowest BCUT2D eigenvalue weighted by Gasteiger charge is -2.04. The molecule has 3 heteroatoms. The highest BCUT2D eigenvalue weighted by Gasteiger charge is 2.20. The molecular formula is C13H20N2S. The third-order valence-corrected chi connectivity index (χ3v) is 3.95. The monoisotopic (exact) mass is 236 g/mol. The van der Waals surface area contributed by atoms with Crippen LogP contribution in [0.4, 0.5) is 0 Å². The highest BCUT2D eigenvalue weighted by atomic mass is 32.2. The number of aromatic nitrogens is 1. The summed E-state index contributed by atoms with van der Waals surface area (Å²) in [4.78, 5) is 4.36. The fraction of sp³-hybridized carbons (Fsp3) is 0.615. The molecule has 0 amide bonds. The van der Waals surface area contributed by atoms with Gasteiger partial charge in [-0.25, -0.2) is 0 Å². The maximum atomic E-state index is 4.36. The zero-order chi connectivity index (χ0) is 11.2. The second-order valence-corrected chi connectivity index (χ2v) is 5.67. The minimum absolute atomic E-state index is 0.893. The third-order valence-electron chi connectivity index (χ3n) is 2.75. The minimum Gasteiger partial charge on any atom is -0.310 e. The quantitative estimate of drug-likeness (QED) is 0.737. The average Bonchev–Trinajstić information content (AvgIpc) is 3.10. The van der Waals surface area contributed by atoms with Crippen molar-refractivity contribution in [2.45, 2.75) is 26.3 Å². The molecule has 1 N–H and O–H groups in total. The van der Waals surface area contributed by atoms with Crippen LogP contribution < -0.4 is 5.32 Å². The minimum atomic E-state index is 0.893. The third kappa shape index (κ3) is 4.54. The Morgan fingerprint density at radius 2 is 2.31 bits per heavy atom. The Morgan fingerprint density at radius 1 is 1.44 bits per heavy atom. The molecule has 1 aromatic heterocycles. The van der Waals surface area contributed by atoms with E-state index in [1.165, 1.54) is 29.9 Å². The van der Waals surface area contributed by atoms with Crippen LogP contribution in [0, 0.1) is 12.8 Å². The second kappa shape index (κ2) is 6.26. The molecule has 2 nitrogen and oxygen atoms in total. The number of hydrogen-bond acceptors (Lipinski definition) is 3. The summed E-state index contributed by atoms with van der Waals surface area (Å²) in [7, 11) is 0. The normalized spacial score (nSPS) is 15.3. The molecule has 0 aromatic carbocycles. The maximum absolute atomic E-state index is 4.36. The molecule has 2 rings (SSSR count). The molecule has 0 radical (unpaired) electrons. The second-order valence-electron chi connectivity index (χ2n) is 4.52. The van der Waals surface area contributed by atoms with Crippen molar-refractivity contribution < 1.29 is 0 Å². The lowest BCUT2D eigenvalue weighted by atomic mass is 10.3. The molecule has 0 unspecified atom stereocenters. The van der Waals surface area contributed by atoms with Crippen molar-refractivity contribution in [1.82, 2.24) is 10.3 Å². The smallest absolute Gasteiger partial charge is 0.0541 e. The van der Waals surface area contributed by atoms with Crippen LogP contribution in [0.15, 0.2) is 18.3 Å². The van der Waals surface area contributed by atoms with Gasteiger partial charge in [0.25, 0.3) is 0 Å². The van der Waals surface area contributed by atoms with E-state index in [9.17, 15) is 0 Å². The molecule has 0 spiro atoms. The Bertz CT molecular complexity index is 306. The largest absolute Gasteiger partial charge is 0.310 e. The van der Waals surface area contributed by atoms with Crippen LogP contribution in [0.3, 0.4) is 0 Å². The Kier molecular flexibility index (Phi) is 4.67. The van der Waals surface area contributed by atoms with Gasteiger partial charge >= 0.3 is 0 Å². The van der Waals surface area contributed by atoms with Crippen LogP contribution in [-0.4, -0.2) is 23.0 Å². The highest BCUT2D eigenvalue weighted by Crippen LogP contribution is 2.32. The van der Waals surface area contributed by atoms with E-state index in [1.54, 1.807) is 0 Å². The van der Waals surface area contributed by atoms with Gasteiger partial charge in [-0.05, 0) is 43.1 Å². The Balaban J connectivity index is 1.51. The van der Waals surface area contributed by atoms with Gasteiger partial charge in [-0.2, -0.15) is 11.8 Å². The summed E-state index contributed by atoms with van der Waals surface area (Å²) in [5, 5.41) is 3.43. The van der Waals surface area contributed by atoms with E-state index >= 15 is 0 Å². The molecular weight excluding hydrogens is 216 g/mol. The molecule has 16 heavy (non-hydrogen) atoms.